The second kappa shape index (κ2) is 9.57. The van der Waals surface area contributed by atoms with Crippen molar-refractivity contribution in [3.63, 3.8) is 0 Å². The van der Waals surface area contributed by atoms with E-state index in [0.717, 1.165) is 11.1 Å². The van der Waals surface area contributed by atoms with Crippen LogP contribution in [0.25, 0.3) is 22.3 Å². The molecule has 0 radical (unpaired) electrons. The lowest BCUT2D eigenvalue weighted by atomic mass is 10.1. The molecule has 0 aliphatic heterocycles. The Kier molecular flexibility index (Phi) is 6.16. The normalized spacial score (nSPS) is 11.2. The Labute approximate surface area is 205 Å². The molecule has 0 unspecified atom stereocenters. The average Bonchev–Trinajstić information content (AvgIpc) is 3.46. The average molecular weight is 486 g/mol. The van der Waals surface area contributed by atoms with E-state index in [1.54, 1.807) is 34.5 Å². The van der Waals surface area contributed by atoms with E-state index in [0.29, 0.717) is 41.1 Å². The standard InChI is InChI=1S/C26H24FN7O2/c1-17-5-3-4-6-19(17)15-33-16-29-24-21(26(33)36)14-30-34(24)12-11-28-25(35)23-13-22(31-32(23)2)18-7-9-20(27)10-8-18/h3-10,13-14,16H,11-12,15H2,1-2H3,(H,28,35). The third-order valence-electron chi connectivity index (χ3n) is 6.09. The first-order valence-corrected chi connectivity index (χ1v) is 11.4. The molecule has 10 heteroatoms. The molecule has 3 heterocycles. The summed E-state index contributed by atoms with van der Waals surface area (Å²) in [5.74, 6) is -0.637. The first-order valence-electron chi connectivity index (χ1n) is 11.4. The van der Waals surface area contributed by atoms with Gasteiger partial charge in [0.2, 0.25) is 0 Å². The molecule has 0 fully saturated rings. The highest BCUT2D eigenvalue weighted by molar-refractivity contribution is 5.93. The van der Waals surface area contributed by atoms with Crippen molar-refractivity contribution in [2.45, 2.75) is 20.0 Å². The summed E-state index contributed by atoms with van der Waals surface area (Å²) in [5, 5.41) is 11.9. The molecule has 0 aliphatic rings. The van der Waals surface area contributed by atoms with Gasteiger partial charge in [0.25, 0.3) is 11.5 Å². The van der Waals surface area contributed by atoms with Crippen molar-refractivity contribution < 1.29 is 9.18 Å². The maximum Gasteiger partial charge on any atom is 0.269 e. The van der Waals surface area contributed by atoms with Crippen LogP contribution in [0.2, 0.25) is 0 Å². The van der Waals surface area contributed by atoms with E-state index in [4.69, 9.17) is 0 Å². The fourth-order valence-corrected chi connectivity index (χ4v) is 4.05. The molecule has 1 amide bonds. The summed E-state index contributed by atoms with van der Waals surface area (Å²) >= 11 is 0. The molecule has 0 saturated heterocycles. The monoisotopic (exact) mass is 485 g/mol. The maximum absolute atomic E-state index is 13.2. The van der Waals surface area contributed by atoms with E-state index >= 15 is 0 Å². The van der Waals surface area contributed by atoms with Crippen LogP contribution in [0.3, 0.4) is 0 Å². The smallest absolute Gasteiger partial charge is 0.269 e. The number of fused-ring (bicyclic) bond motifs is 1. The first kappa shape index (κ1) is 23.2. The summed E-state index contributed by atoms with van der Waals surface area (Å²) in [4.78, 5) is 30.1. The van der Waals surface area contributed by atoms with E-state index in [-0.39, 0.29) is 23.8 Å². The largest absolute Gasteiger partial charge is 0.349 e. The molecule has 36 heavy (non-hydrogen) atoms. The van der Waals surface area contributed by atoms with Crippen LogP contribution in [0.4, 0.5) is 4.39 Å². The zero-order valence-electron chi connectivity index (χ0n) is 19.8. The minimum Gasteiger partial charge on any atom is -0.349 e. The van der Waals surface area contributed by atoms with Crippen LogP contribution in [0, 0.1) is 12.7 Å². The van der Waals surface area contributed by atoms with Crippen molar-refractivity contribution in [3.05, 3.63) is 100 Å². The fourth-order valence-electron chi connectivity index (χ4n) is 4.05. The predicted molar refractivity (Wildman–Crippen MR) is 133 cm³/mol. The summed E-state index contributed by atoms with van der Waals surface area (Å²) in [5.41, 5.74) is 4.12. The highest BCUT2D eigenvalue weighted by Gasteiger charge is 2.15. The van der Waals surface area contributed by atoms with Crippen LogP contribution in [0.1, 0.15) is 21.6 Å². The second-order valence-corrected chi connectivity index (χ2v) is 8.51. The molecule has 0 atom stereocenters. The second-order valence-electron chi connectivity index (χ2n) is 8.51. The minimum absolute atomic E-state index is 0.165. The van der Waals surface area contributed by atoms with Crippen molar-refractivity contribution in [2.24, 2.45) is 7.05 Å². The van der Waals surface area contributed by atoms with Crippen LogP contribution < -0.4 is 10.9 Å². The molecule has 0 spiro atoms. The number of carbonyl (C=O) groups is 1. The number of amides is 1. The number of nitrogens with zero attached hydrogens (tertiary/aromatic N) is 6. The van der Waals surface area contributed by atoms with E-state index in [1.807, 2.05) is 31.2 Å². The van der Waals surface area contributed by atoms with Gasteiger partial charge in [-0.15, -0.1) is 0 Å². The van der Waals surface area contributed by atoms with Crippen molar-refractivity contribution in [3.8, 4) is 11.3 Å². The minimum atomic E-state index is -0.335. The Balaban J connectivity index is 1.26. The Hall–Kier alpha value is -4.60. The van der Waals surface area contributed by atoms with Gasteiger partial charge in [-0.25, -0.2) is 14.1 Å². The lowest BCUT2D eigenvalue weighted by Gasteiger charge is -2.09. The van der Waals surface area contributed by atoms with Crippen LogP contribution in [0.5, 0.6) is 0 Å². The van der Waals surface area contributed by atoms with Gasteiger partial charge in [0.1, 0.15) is 23.2 Å². The molecular formula is C26H24FN7O2. The number of hydrogen-bond donors (Lipinski definition) is 1. The number of halogens is 1. The van der Waals surface area contributed by atoms with Crippen LogP contribution in [0.15, 0.2) is 71.9 Å². The summed E-state index contributed by atoms with van der Waals surface area (Å²) in [6.45, 7) is 3.06. The third kappa shape index (κ3) is 4.52. The van der Waals surface area contributed by atoms with Crippen molar-refractivity contribution >= 4 is 16.9 Å². The molecule has 0 saturated carbocycles. The highest BCUT2D eigenvalue weighted by Crippen LogP contribution is 2.19. The zero-order valence-corrected chi connectivity index (χ0v) is 19.8. The van der Waals surface area contributed by atoms with E-state index in [9.17, 15) is 14.0 Å². The summed E-state index contributed by atoms with van der Waals surface area (Å²) < 4.78 is 17.8. The number of benzene rings is 2. The molecule has 2 aromatic carbocycles. The zero-order chi connectivity index (χ0) is 25.2. The molecule has 0 aliphatic carbocycles. The fraction of sp³-hybridized carbons (Fsp3) is 0.192. The molecule has 1 N–H and O–H groups in total. The van der Waals surface area contributed by atoms with E-state index in [1.165, 1.54) is 29.3 Å². The highest BCUT2D eigenvalue weighted by atomic mass is 19.1. The lowest BCUT2D eigenvalue weighted by molar-refractivity contribution is 0.0942. The lowest BCUT2D eigenvalue weighted by Crippen LogP contribution is -2.29. The SMILES string of the molecule is Cc1ccccc1Cn1cnc2c(cnn2CCNC(=O)c2cc(-c3ccc(F)cc3)nn2C)c1=O. The summed E-state index contributed by atoms with van der Waals surface area (Å²) in [6, 6.07) is 15.5. The van der Waals surface area contributed by atoms with Crippen LogP contribution in [-0.4, -0.2) is 41.6 Å². The van der Waals surface area contributed by atoms with Gasteiger partial charge in [-0.2, -0.15) is 10.2 Å². The van der Waals surface area contributed by atoms with E-state index in [2.05, 4.69) is 20.5 Å². The van der Waals surface area contributed by atoms with Gasteiger partial charge in [0.15, 0.2) is 5.65 Å². The number of rotatable bonds is 7. The van der Waals surface area contributed by atoms with Gasteiger partial charge in [0, 0.05) is 19.2 Å². The molecule has 182 valence electrons. The van der Waals surface area contributed by atoms with Gasteiger partial charge < -0.3 is 5.32 Å². The number of hydrogen-bond acceptors (Lipinski definition) is 5. The third-order valence-corrected chi connectivity index (χ3v) is 6.09. The van der Waals surface area contributed by atoms with Crippen LogP contribution in [-0.2, 0) is 20.1 Å². The Bertz CT molecular complexity index is 1620. The predicted octanol–water partition coefficient (Wildman–Crippen LogP) is 2.92. The molecule has 5 rings (SSSR count). The quantitative estimate of drug-likeness (QED) is 0.382. The number of aromatic nitrogens is 6. The van der Waals surface area contributed by atoms with Gasteiger partial charge in [-0.3, -0.25) is 18.8 Å². The van der Waals surface area contributed by atoms with Crippen LogP contribution >= 0.6 is 0 Å². The number of aryl methyl sites for hydroxylation is 2. The van der Waals surface area contributed by atoms with Gasteiger partial charge in [0.05, 0.1) is 25.0 Å². The molecular weight excluding hydrogens is 461 g/mol. The molecule has 0 bridgehead atoms. The number of nitrogens with one attached hydrogen (secondary N) is 1. The Morgan fingerprint density at radius 3 is 2.67 bits per heavy atom. The topological polar surface area (TPSA) is 99.6 Å². The van der Waals surface area contributed by atoms with Crippen molar-refractivity contribution in [1.82, 2.24) is 34.4 Å². The Morgan fingerprint density at radius 1 is 1.11 bits per heavy atom. The van der Waals surface area contributed by atoms with Gasteiger partial charge >= 0.3 is 0 Å². The first-order chi connectivity index (χ1) is 17.4. The molecule has 3 aromatic heterocycles. The van der Waals surface area contributed by atoms with Crippen molar-refractivity contribution in [2.75, 3.05) is 6.54 Å². The van der Waals surface area contributed by atoms with Gasteiger partial charge in [-0.1, -0.05) is 24.3 Å². The molecule has 9 nitrogen and oxygen atoms in total. The van der Waals surface area contributed by atoms with E-state index < -0.39 is 0 Å². The Morgan fingerprint density at radius 2 is 1.89 bits per heavy atom. The van der Waals surface area contributed by atoms with Gasteiger partial charge in [-0.05, 0) is 48.4 Å². The maximum atomic E-state index is 13.2. The number of carbonyl (C=O) groups excluding carboxylic acids is 1. The molecule has 5 aromatic rings. The summed E-state index contributed by atoms with van der Waals surface area (Å²) in [6.07, 6.45) is 3.04. The summed E-state index contributed by atoms with van der Waals surface area (Å²) in [7, 11) is 1.68. The van der Waals surface area contributed by atoms with Crippen molar-refractivity contribution in [1.29, 1.82) is 0 Å².